The van der Waals surface area contributed by atoms with E-state index < -0.39 is 0 Å². The zero-order valence-electron chi connectivity index (χ0n) is 17.5. The van der Waals surface area contributed by atoms with Crippen LogP contribution in [0.2, 0.25) is 0 Å². The normalized spacial score (nSPS) is 14.8. The number of carbonyl (C=O) groups is 1. The number of benzene rings is 3. The number of carbonyl (C=O) groups excluding carboxylic acids is 1. The van der Waals surface area contributed by atoms with Crippen LogP contribution in [-0.4, -0.2) is 17.3 Å². The molecular weight excluding hydrogens is 553 g/mol. The minimum atomic E-state index is -0.122. The van der Waals surface area contributed by atoms with Crippen LogP contribution < -0.4 is 14.4 Å². The van der Waals surface area contributed by atoms with Crippen molar-refractivity contribution >= 4 is 68.6 Å². The van der Waals surface area contributed by atoms with Crippen LogP contribution in [0, 0.1) is 10.5 Å². The highest BCUT2D eigenvalue weighted by atomic mass is 127. The molecule has 1 heterocycles. The molecule has 3 aromatic carbocycles. The molecule has 0 spiro atoms. The van der Waals surface area contributed by atoms with Crippen molar-refractivity contribution in [2.24, 2.45) is 0 Å². The summed E-state index contributed by atoms with van der Waals surface area (Å²) in [5.74, 6) is 1.14. The maximum atomic E-state index is 13.0. The van der Waals surface area contributed by atoms with Gasteiger partial charge in [-0.1, -0.05) is 54.3 Å². The highest BCUT2D eigenvalue weighted by molar-refractivity contribution is 14.1. The van der Waals surface area contributed by atoms with Gasteiger partial charge < -0.3 is 9.47 Å². The molecule has 0 bridgehead atoms. The smallest absolute Gasteiger partial charge is 0.270 e. The fourth-order valence-corrected chi connectivity index (χ4v) is 4.90. The Morgan fingerprint density at radius 3 is 2.56 bits per heavy atom. The molecule has 0 N–H and O–H groups in total. The van der Waals surface area contributed by atoms with E-state index in [1.165, 1.54) is 15.3 Å². The Kier molecular flexibility index (Phi) is 7.17. The third-order valence-electron chi connectivity index (χ3n) is 4.85. The van der Waals surface area contributed by atoms with Crippen molar-refractivity contribution in [3.8, 4) is 11.5 Å². The lowest BCUT2D eigenvalue weighted by Crippen LogP contribution is -2.27. The number of methoxy groups -OCH3 is 1. The first-order chi connectivity index (χ1) is 15.4. The molecule has 3 aromatic rings. The number of thioether (sulfide) groups is 1. The van der Waals surface area contributed by atoms with Crippen LogP contribution in [0.25, 0.3) is 6.08 Å². The molecule has 1 saturated heterocycles. The molecule has 0 unspecified atom stereocenters. The van der Waals surface area contributed by atoms with Crippen molar-refractivity contribution in [1.82, 2.24) is 0 Å². The number of thiocarbonyl (C=S) groups is 1. The number of amides is 1. The number of hydrogen-bond acceptors (Lipinski definition) is 5. The lowest BCUT2D eigenvalue weighted by Gasteiger charge is -2.14. The Bertz CT molecular complexity index is 1210. The summed E-state index contributed by atoms with van der Waals surface area (Å²) in [6.45, 7) is 2.44. The average Bonchev–Trinajstić information content (AvgIpc) is 3.06. The molecule has 0 aliphatic carbocycles. The molecule has 4 rings (SSSR count). The topological polar surface area (TPSA) is 38.8 Å². The van der Waals surface area contributed by atoms with Gasteiger partial charge in [0.05, 0.1) is 17.7 Å². The Morgan fingerprint density at radius 2 is 1.84 bits per heavy atom. The van der Waals surface area contributed by atoms with E-state index in [4.69, 9.17) is 21.7 Å². The summed E-state index contributed by atoms with van der Waals surface area (Å²) < 4.78 is 13.2. The molecule has 32 heavy (non-hydrogen) atoms. The summed E-state index contributed by atoms with van der Waals surface area (Å²) in [5, 5.41) is 0. The molecular formula is C25H20INO3S2. The standard InChI is InChI=1S/C25H20INO3S2/c1-16-4-3-5-20(12-16)27-24(28)23(32-25(27)31)14-18-8-11-21(22(13-18)29-2)30-15-17-6-9-19(26)10-7-17/h3-14H,15H2,1-2H3/b23-14+. The zero-order chi connectivity index (χ0) is 22.7. The van der Waals surface area contributed by atoms with Gasteiger partial charge in [-0.2, -0.15) is 0 Å². The second kappa shape index (κ2) is 10.1. The fraction of sp³-hybridized carbons (Fsp3) is 0.120. The quantitative estimate of drug-likeness (QED) is 0.189. The summed E-state index contributed by atoms with van der Waals surface area (Å²) >= 11 is 9.05. The van der Waals surface area contributed by atoms with Crippen LogP contribution in [0.15, 0.2) is 71.6 Å². The monoisotopic (exact) mass is 573 g/mol. The van der Waals surface area contributed by atoms with E-state index in [0.29, 0.717) is 27.3 Å². The van der Waals surface area contributed by atoms with Gasteiger partial charge >= 0.3 is 0 Å². The fourth-order valence-electron chi connectivity index (χ4n) is 3.24. The minimum absolute atomic E-state index is 0.122. The first-order valence-corrected chi connectivity index (χ1v) is 12.1. The Balaban J connectivity index is 1.53. The predicted octanol–water partition coefficient (Wildman–Crippen LogP) is 6.59. The van der Waals surface area contributed by atoms with Crippen molar-refractivity contribution < 1.29 is 14.3 Å². The zero-order valence-corrected chi connectivity index (χ0v) is 21.3. The third-order valence-corrected chi connectivity index (χ3v) is 6.87. The summed E-state index contributed by atoms with van der Waals surface area (Å²) in [4.78, 5) is 15.2. The van der Waals surface area contributed by atoms with Crippen LogP contribution in [0.3, 0.4) is 0 Å². The number of anilines is 1. The second-order valence-corrected chi connectivity index (χ2v) is 10.1. The van der Waals surface area contributed by atoms with E-state index in [2.05, 4.69) is 22.6 Å². The van der Waals surface area contributed by atoms with E-state index in [0.717, 1.165) is 22.4 Å². The van der Waals surface area contributed by atoms with Crippen LogP contribution in [-0.2, 0) is 11.4 Å². The molecule has 0 saturated carbocycles. The molecule has 162 valence electrons. The number of rotatable bonds is 6. The maximum Gasteiger partial charge on any atom is 0.270 e. The second-order valence-electron chi connectivity index (χ2n) is 7.18. The van der Waals surface area contributed by atoms with Gasteiger partial charge in [-0.05, 0) is 88.7 Å². The van der Waals surface area contributed by atoms with Crippen molar-refractivity contribution in [1.29, 1.82) is 0 Å². The molecule has 1 aliphatic rings. The van der Waals surface area contributed by atoms with E-state index in [-0.39, 0.29) is 5.91 Å². The number of hydrogen-bond donors (Lipinski definition) is 0. The third kappa shape index (κ3) is 5.16. The van der Waals surface area contributed by atoms with E-state index in [9.17, 15) is 4.79 Å². The van der Waals surface area contributed by atoms with Gasteiger partial charge in [-0.15, -0.1) is 0 Å². The summed E-state index contributed by atoms with van der Waals surface area (Å²) in [5.41, 5.74) is 3.78. The van der Waals surface area contributed by atoms with Crippen molar-refractivity contribution in [3.05, 3.63) is 91.9 Å². The molecule has 7 heteroatoms. The molecule has 1 fully saturated rings. The van der Waals surface area contributed by atoms with Gasteiger partial charge in [0, 0.05) is 3.57 Å². The van der Waals surface area contributed by atoms with Crippen molar-refractivity contribution in [3.63, 3.8) is 0 Å². The first kappa shape index (κ1) is 22.8. The van der Waals surface area contributed by atoms with E-state index in [1.54, 1.807) is 12.0 Å². The molecule has 0 aromatic heterocycles. The summed E-state index contributed by atoms with van der Waals surface area (Å²) in [6.07, 6.45) is 1.83. The highest BCUT2D eigenvalue weighted by Gasteiger charge is 2.33. The molecule has 1 aliphatic heterocycles. The van der Waals surface area contributed by atoms with Gasteiger partial charge in [-0.25, -0.2) is 0 Å². The predicted molar refractivity (Wildman–Crippen MR) is 143 cm³/mol. The van der Waals surface area contributed by atoms with Crippen LogP contribution >= 0.6 is 46.6 Å². The molecule has 4 nitrogen and oxygen atoms in total. The molecule has 1 amide bonds. The summed E-state index contributed by atoms with van der Waals surface area (Å²) in [6, 6.07) is 21.6. The van der Waals surface area contributed by atoms with Crippen LogP contribution in [0.4, 0.5) is 5.69 Å². The molecule has 0 radical (unpaired) electrons. The van der Waals surface area contributed by atoms with Gasteiger partial charge in [0.25, 0.3) is 5.91 Å². The maximum absolute atomic E-state index is 13.0. The lowest BCUT2D eigenvalue weighted by molar-refractivity contribution is -0.113. The molecule has 0 atom stereocenters. The van der Waals surface area contributed by atoms with E-state index in [1.807, 2.05) is 79.7 Å². The first-order valence-electron chi connectivity index (χ1n) is 9.84. The van der Waals surface area contributed by atoms with Gasteiger partial charge in [-0.3, -0.25) is 9.69 Å². The lowest BCUT2D eigenvalue weighted by atomic mass is 10.1. The van der Waals surface area contributed by atoms with Gasteiger partial charge in [0.1, 0.15) is 6.61 Å². The number of halogens is 1. The Labute approximate surface area is 210 Å². The minimum Gasteiger partial charge on any atom is -0.493 e. The Morgan fingerprint density at radius 1 is 1.06 bits per heavy atom. The summed E-state index contributed by atoms with van der Waals surface area (Å²) in [7, 11) is 1.61. The largest absolute Gasteiger partial charge is 0.493 e. The van der Waals surface area contributed by atoms with Gasteiger partial charge in [0.2, 0.25) is 0 Å². The number of nitrogens with zero attached hydrogens (tertiary/aromatic N) is 1. The van der Waals surface area contributed by atoms with Crippen molar-refractivity contribution in [2.45, 2.75) is 13.5 Å². The van der Waals surface area contributed by atoms with Crippen LogP contribution in [0.1, 0.15) is 16.7 Å². The number of aryl methyl sites for hydroxylation is 1. The average molecular weight is 573 g/mol. The van der Waals surface area contributed by atoms with Crippen molar-refractivity contribution in [2.75, 3.05) is 12.0 Å². The van der Waals surface area contributed by atoms with E-state index >= 15 is 0 Å². The van der Waals surface area contributed by atoms with Crippen LogP contribution in [0.5, 0.6) is 11.5 Å². The highest BCUT2D eigenvalue weighted by Crippen LogP contribution is 2.37. The Hall–Kier alpha value is -2.36. The SMILES string of the molecule is COc1cc(/C=C2/SC(=S)N(c3cccc(C)c3)C2=O)ccc1OCc1ccc(I)cc1. The van der Waals surface area contributed by atoms with Gasteiger partial charge in [0.15, 0.2) is 15.8 Å². The number of ether oxygens (including phenoxy) is 2.